The molecule has 3 heterocycles. The summed E-state index contributed by atoms with van der Waals surface area (Å²) >= 11 is 0. The van der Waals surface area contributed by atoms with Crippen molar-refractivity contribution < 1.29 is 4.74 Å². The molecule has 0 unspecified atom stereocenters. The van der Waals surface area contributed by atoms with Crippen molar-refractivity contribution >= 4 is 22.9 Å². The average molecular weight is 499 g/mol. The maximum atomic E-state index is 6.13. The molecular formula is C27H46N8O. The van der Waals surface area contributed by atoms with E-state index in [0.717, 1.165) is 74.2 Å². The van der Waals surface area contributed by atoms with Crippen LogP contribution in [-0.4, -0.2) is 63.4 Å². The number of hydrogen-bond acceptors (Lipinski definition) is 8. The largest absolute Gasteiger partial charge is 0.385 e. The predicted molar refractivity (Wildman–Crippen MR) is 145 cm³/mol. The van der Waals surface area contributed by atoms with Gasteiger partial charge in [0.2, 0.25) is 5.95 Å². The highest BCUT2D eigenvalue weighted by molar-refractivity contribution is 5.84. The Hall–Kier alpha value is -1.97. The normalized spacial score (nSPS) is 24.5. The zero-order valence-corrected chi connectivity index (χ0v) is 22.1. The van der Waals surface area contributed by atoms with Gasteiger partial charge in [0.1, 0.15) is 0 Å². The number of ether oxygens (including phenoxy) is 1. The van der Waals surface area contributed by atoms with E-state index in [2.05, 4.69) is 20.3 Å². The number of piperidine rings is 1. The van der Waals surface area contributed by atoms with Crippen LogP contribution in [0.1, 0.15) is 95.9 Å². The fourth-order valence-electron chi connectivity index (χ4n) is 6.29. The molecule has 0 radical (unpaired) electrons. The third-order valence-electron chi connectivity index (χ3n) is 8.58. The van der Waals surface area contributed by atoms with Crippen molar-refractivity contribution in [3.05, 3.63) is 6.33 Å². The molecular weight excluding hydrogens is 452 g/mol. The summed E-state index contributed by atoms with van der Waals surface area (Å²) in [6, 6.07) is 1.22. The van der Waals surface area contributed by atoms with E-state index in [9.17, 15) is 0 Å². The molecule has 0 aromatic carbocycles. The van der Waals surface area contributed by atoms with Gasteiger partial charge < -0.3 is 25.8 Å². The molecule has 0 bridgehead atoms. The van der Waals surface area contributed by atoms with Gasteiger partial charge in [0.05, 0.1) is 6.33 Å². The summed E-state index contributed by atoms with van der Waals surface area (Å²) in [6.07, 6.45) is 18.8. The molecule has 2 saturated carbocycles. The van der Waals surface area contributed by atoms with Crippen LogP contribution in [0.2, 0.25) is 0 Å². The highest BCUT2D eigenvalue weighted by Crippen LogP contribution is 2.34. The van der Waals surface area contributed by atoms with Crippen molar-refractivity contribution in [2.45, 2.75) is 108 Å². The molecule has 200 valence electrons. The quantitative estimate of drug-likeness (QED) is 0.377. The van der Waals surface area contributed by atoms with Gasteiger partial charge in [-0.15, -0.1) is 0 Å². The van der Waals surface area contributed by atoms with E-state index in [0.29, 0.717) is 18.1 Å². The highest BCUT2D eigenvalue weighted by Gasteiger charge is 2.25. The molecule has 0 atom stereocenters. The van der Waals surface area contributed by atoms with Crippen molar-refractivity contribution in [2.24, 2.45) is 11.7 Å². The number of rotatable bonds is 11. The van der Waals surface area contributed by atoms with Crippen molar-refractivity contribution in [3.63, 3.8) is 0 Å². The van der Waals surface area contributed by atoms with E-state index >= 15 is 0 Å². The second-order valence-electron chi connectivity index (χ2n) is 11.3. The molecule has 3 fully saturated rings. The third kappa shape index (κ3) is 6.47. The van der Waals surface area contributed by atoms with E-state index < -0.39 is 0 Å². The lowest BCUT2D eigenvalue weighted by molar-refractivity contribution is 0.186. The number of nitrogens with two attached hydrogens (primary N) is 1. The first-order valence-corrected chi connectivity index (χ1v) is 14.5. The molecule has 3 aliphatic rings. The summed E-state index contributed by atoms with van der Waals surface area (Å²) < 4.78 is 7.48. The number of aromatic nitrogens is 4. The van der Waals surface area contributed by atoms with E-state index in [1.165, 1.54) is 64.2 Å². The molecule has 0 amide bonds. The van der Waals surface area contributed by atoms with E-state index in [1.54, 1.807) is 7.11 Å². The van der Waals surface area contributed by atoms with Gasteiger partial charge in [-0.05, 0) is 63.7 Å². The average Bonchev–Trinajstić information content (AvgIpc) is 3.57. The molecule has 9 nitrogen and oxygen atoms in total. The first kappa shape index (κ1) is 25.7. The number of hydrazine groups is 1. The van der Waals surface area contributed by atoms with Crippen LogP contribution in [0.4, 0.5) is 11.8 Å². The smallest absolute Gasteiger partial charge is 0.227 e. The van der Waals surface area contributed by atoms with Crippen LogP contribution in [0.15, 0.2) is 6.33 Å². The SMILES string of the molecule is COCCCCCC1CCN(Nc2nc(N[C@H]3CC[C@H](N)CC3)nc3c2ncn3C2CCCC2)CC1. The number of unbranched alkanes of at least 4 members (excludes halogenated alkanes) is 2. The summed E-state index contributed by atoms with van der Waals surface area (Å²) in [4.78, 5) is 14.7. The Balaban J connectivity index is 1.26. The predicted octanol–water partition coefficient (Wildman–Crippen LogP) is 4.87. The van der Waals surface area contributed by atoms with E-state index in [4.69, 9.17) is 25.4 Å². The van der Waals surface area contributed by atoms with Crippen LogP contribution in [0.3, 0.4) is 0 Å². The molecule has 4 N–H and O–H groups in total. The second-order valence-corrected chi connectivity index (χ2v) is 11.3. The van der Waals surface area contributed by atoms with Crippen LogP contribution in [0, 0.1) is 5.92 Å². The van der Waals surface area contributed by atoms with Gasteiger partial charge in [-0.3, -0.25) is 0 Å². The van der Waals surface area contributed by atoms with Gasteiger partial charge in [-0.2, -0.15) is 9.97 Å². The Bertz CT molecular complexity index is 943. The minimum Gasteiger partial charge on any atom is -0.385 e. The minimum absolute atomic E-state index is 0.334. The Morgan fingerprint density at radius 3 is 2.50 bits per heavy atom. The molecule has 0 spiro atoms. The van der Waals surface area contributed by atoms with Crippen molar-refractivity contribution in [1.29, 1.82) is 0 Å². The van der Waals surface area contributed by atoms with Crippen LogP contribution >= 0.6 is 0 Å². The van der Waals surface area contributed by atoms with E-state index in [1.807, 2.05) is 6.33 Å². The van der Waals surface area contributed by atoms with Crippen LogP contribution in [-0.2, 0) is 4.74 Å². The number of imidazole rings is 1. The zero-order valence-electron chi connectivity index (χ0n) is 22.1. The lowest BCUT2D eigenvalue weighted by Gasteiger charge is -2.32. The van der Waals surface area contributed by atoms with Gasteiger partial charge in [-0.1, -0.05) is 32.1 Å². The van der Waals surface area contributed by atoms with Crippen LogP contribution in [0.5, 0.6) is 0 Å². The van der Waals surface area contributed by atoms with Gasteiger partial charge in [0, 0.05) is 44.9 Å². The van der Waals surface area contributed by atoms with Crippen molar-refractivity contribution in [3.8, 4) is 0 Å². The molecule has 5 rings (SSSR count). The number of nitrogens with zero attached hydrogens (tertiary/aromatic N) is 5. The van der Waals surface area contributed by atoms with Crippen LogP contribution < -0.4 is 16.5 Å². The highest BCUT2D eigenvalue weighted by atomic mass is 16.5. The summed E-state index contributed by atoms with van der Waals surface area (Å²) in [5.41, 5.74) is 11.6. The molecule has 36 heavy (non-hydrogen) atoms. The molecule has 2 aromatic heterocycles. The Morgan fingerprint density at radius 1 is 0.972 bits per heavy atom. The molecule has 2 aromatic rings. The maximum absolute atomic E-state index is 6.13. The maximum Gasteiger partial charge on any atom is 0.227 e. The lowest BCUT2D eigenvalue weighted by atomic mass is 9.92. The summed E-state index contributed by atoms with van der Waals surface area (Å²) in [5, 5.41) is 5.97. The van der Waals surface area contributed by atoms with Gasteiger partial charge in [0.25, 0.3) is 0 Å². The number of nitrogens with one attached hydrogen (secondary N) is 2. The van der Waals surface area contributed by atoms with Gasteiger partial charge in [0.15, 0.2) is 17.0 Å². The zero-order chi connectivity index (χ0) is 24.7. The topological polar surface area (TPSA) is 106 Å². The fourth-order valence-corrected chi connectivity index (χ4v) is 6.29. The first-order chi connectivity index (χ1) is 17.7. The molecule has 2 aliphatic carbocycles. The van der Waals surface area contributed by atoms with Crippen molar-refractivity contribution in [2.75, 3.05) is 37.5 Å². The second kappa shape index (κ2) is 12.5. The Labute approximate surface area is 215 Å². The molecule has 1 saturated heterocycles. The monoisotopic (exact) mass is 498 g/mol. The van der Waals surface area contributed by atoms with Gasteiger partial charge in [-0.25, -0.2) is 9.99 Å². The number of methoxy groups -OCH3 is 1. The number of hydrogen-bond donors (Lipinski definition) is 3. The first-order valence-electron chi connectivity index (χ1n) is 14.5. The standard InChI is InChI=1S/C27H46N8O/c1-36-18-6-2-3-7-20-14-16-34(17-15-20)33-25-24-26(35(19-29-24)23-8-4-5-9-23)32-27(31-25)30-22-12-10-21(28)11-13-22/h19-23H,2-18,28H2,1H3,(H2,30,31,32,33)/t21-,22-. The van der Waals surface area contributed by atoms with Gasteiger partial charge >= 0.3 is 0 Å². The summed E-state index contributed by atoms with van der Waals surface area (Å²) in [7, 11) is 1.79. The number of fused-ring (bicyclic) bond motifs is 1. The summed E-state index contributed by atoms with van der Waals surface area (Å²) in [5.74, 6) is 2.38. The third-order valence-corrected chi connectivity index (χ3v) is 8.58. The molecule has 9 heteroatoms. The number of anilines is 2. The summed E-state index contributed by atoms with van der Waals surface area (Å²) in [6.45, 7) is 2.97. The van der Waals surface area contributed by atoms with E-state index in [-0.39, 0.29) is 0 Å². The minimum atomic E-state index is 0.334. The Kier molecular flexibility index (Phi) is 8.93. The fraction of sp³-hybridized carbons (Fsp3) is 0.815. The Morgan fingerprint density at radius 2 is 1.75 bits per heavy atom. The molecule has 1 aliphatic heterocycles. The van der Waals surface area contributed by atoms with Crippen LogP contribution in [0.25, 0.3) is 11.2 Å². The lowest BCUT2D eigenvalue weighted by Crippen LogP contribution is -2.38. The van der Waals surface area contributed by atoms with Crippen molar-refractivity contribution in [1.82, 2.24) is 24.5 Å².